The number of aryl methyl sites for hydroxylation is 1. The van der Waals surface area contributed by atoms with Crippen molar-refractivity contribution in [3.63, 3.8) is 0 Å². The van der Waals surface area contributed by atoms with Crippen molar-refractivity contribution in [2.45, 2.75) is 20.3 Å². The average molecular weight is 347 g/mol. The number of sulfone groups is 1. The Labute approximate surface area is 141 Å². The van der Waals surface area contributed by atoms with Gasteiger partial charge >= 0.3 is 0 Å². The van der Waals surface area contributed by atoms with E-state index in [0.29, 0.717) is 18.5 Å². The molecule has 1 amide bonds. The Kier molecular flexibility index (Phi) is 4.45. The highest BCUT2D eigenvalue weighted by Gasteiger charge is 2.28. The van der Waals surface area contributed by atoms with Crippen molar-refractivity contribution in [3.8, 4) is 5.82 Å². The molecule has 0 bridgehead atoms. The van der Waals surface area contributed by atoms with E-state index < -0.39 is 9.84 Å². The third-order valence-electron chi connectivity index (χ3n) is 4.43. The maximum Gasteiger partial charge on any atom is 0.253 e. The molecule has 24 heavy (non-hydrogen) atoms. The molecule has 0 radical (unpaired) electrons. The first kappa shape index (κ1) is 16.7. The van der Waals surface area contributed by atoms with Gasteiger partial charge in [-0.3, -0.25) is 4.79 Å². The van der Waals surface area contributed by atoms with E-state index in [1.807, 2.05) is 42.7 Å². The van der Waals surface area contributed by atoms with E-state index in [0.717, 1.165) is 17.2 Å². The SMILES string of the molecule is Cc1cc(C(=O)NC[C@@H]2CCS(=O)(=O)C2)c(C)n1-c1ccccn1. The van der Waals surface area contributed by atoms with Gasteiger partial charge in [0.05, 0.1) is 17.1 Å². The lowest BCUT2D eigenvalue weighted by Gasteiger charge is -2.11. The Morgan fingerprint density at radius 3 is 2.79 bits per heavy atom. The second kappa shape index (κ2) is 6.39. The molecule has 1 N–H and O–H groups in total. The molecule has 2 aromatic heterocycles. The van der Waals surface area contributed by atoms with Crippen molar-refractivity contribution in [2.75, 3.05) is 18.1 Å². The van der Waals surface area contributed by atoms with Crippen LogP contribution in [0.2, 0.25) is 0 Å². The number of rotatable bonds is 4. The number of hydrogen-bond acceptors (Lipinski definition) is 4. The monoisotopic (exact) mass is 347 g/mol. The molecule has 1 saturated heterocycles. The van der Waals surface area contributed by atoms with Crippen molar-refractivity contribution in [1.82, 2.24) is 14.9 Å². The van der Waals surface area contributed by atoms with Gasteiger partial charge in [0, 0.05) is 24.1 Å². The van der Waals surface area contributed by atoms with Gasteiger partial charge in [0.25, 0.3) is 5.91 Å². The summed E-state index contributed by atoms with van der Waals surface area (Å²) in [4.78, 5) is 16.8. The Morgan fingerprint density at radius 2 is 2.17 bits per heavy atom. The summed E-state index contributed by atoms with van der Waals surface area (Å²) in [5.41, 5.74) is 2.35. The van der Waals surface area contributed by atoms with Crippen LogP contribution in [-0.2, 0) is 9.84 Å². The number of aromatic nitrogens is 2. The van der Waals surface area contributed by atoms with E-state index in [9.17, 15) is 13.2 Å². The molecule has 0 spiro atoms. The molecule has 1 fully saturated rings. The Morgan fingerprint density at radius 1 is 1.38 bits per heavy atom. The van der Waals surface area contributed by atoms with Crippen LogP contribution >= 0.6 is 0 Å². The van der Waals surface area contributed by atoms with E-state index in [4.69, 9.17) is 0 Å². The van der Waals surface area contributed by atoms with Gasteiger partial charge < -0.3 is 9.88 Å². The highest BCUT2D eigenvalue weighted by molar-refractivity contribution is 7.91. The van der Waals surface area contributed by atoms with Crippen LogP contribution in [0.25, 0.3) is 5.82 Å². The average Bonchev–Trinajstić information content (AvgIpc) is 3.05. The van der Waals surface area contributed by atoms with Gasteiger partial charge in [-0.15, -0.1) is 0 Å². The van der Waals surface area contributed by atoms with Crippen LogP contribution in [0, 0.1) is 19.8 Å². The topological polar surface area (TPSA) is 81.1 Å². The maximum atomic E-state index is 12.5. The number of nitrogens with zero attached hydrogens (tertiary/aromatic N) is 2. The fraction of sp³-hybridized carbons (Fsp3) is 0.412. The van der Waals surface area contributed by atoms with Gasteiger partial charge in [0.15, 0.2) is 9.84 Å². The van der Waals surface area contributed by atoms with Gasteiger partial charge in [0.2, 0.25) is 0 Å². The lowest BCUT2D eigenvalue weighted by molar-refractivity contribution is 0.0948. The molecule has 0 aromatic carbocycles. The quantitative estimate of drug-likeness (QED) is 0.912. The number of carbonyl (C=O) groups excluding carboxylic acids is 1. The van der Waals surface area contributed by atoms with Crippen molar-refractivity contribution < 1.29 is 13.2 Å². The molecule has 6 nitrogen and oxygen atoms in total. The summed E-state index contributed by atoms with van der Waals surface area (Å²) in [7, 11) is -2.92. The number of nitrogens with one attached hydrogen (secondary N) is 1. The fourth-order valence-electron chi connectivity index (χ4n) is 3.20. The molecule has 1 aliphatic rings. The van der Waals surface area contributed by atoms with E-state index in [1.54, 1.807) is 6.20 Å². The maximum absolute atomic E-state index is 12.5. The van der Waals surface area contributed by atoms with E-state index in [-0.39, 0.29) is 23.3 Å². The number of hydrogen-bond donors (Lipinski definition) is 1. The predicted molar refractivity (Wildman–Crippen MR) is 92.1 cm³/mol. The third kappa shape index (κ3) is 3.36. The summed E-state index contributed by atoms with van der Waals surface area (Å²) < 4.78 is 24.9. The Hall–Kier alpha value is -2.15. The van der Waals surface area contributed by atoms with Crippen molar-refractivity contribution in [1.29, 1.82) is 0 Å². The Bertz CT molecular complexity index is 857. The lowest BCUT2D eigenvalue weighted by atomic mass is 10.1. The summed E-state index contributed by atoms with van der Waals surface area (Å²) in [6.45, 7) is 4.21. The van der Waals surface area contributed by atoms with Crippen molar-refractivity contribution >= 4 is 15.7 Å². The minimum Gasteiger partial charge on any atom is -0.352 e. The molecule has 1 atom stereocenters. The summed E-state index contributed by atoms with van der Waals surface area (Å²) in [6, 6.07) is 7.48. The molecule has 1 aliphatic heterocycles. The van der Waals surface area contributed by atoms with Crippen LogP contribution in [-0.4, -0.2) is 41.9 Å². The minimum atomic E-state index is -2.92. The van der Waals surface area contributed by atoms with Crippen LogP contribution in [0.4, 0.5) is 0 Å². The van der Waals surface area contributed by atoms with E-state index >= 15 is 0 Å². The van der Waals surface area contributed by atoms with E-state index in [2.05, 4.69) is 10.3 Å². The summed E-state index contributed by atoms with van der Waals surface area (Å²) in [6.07, 6.45) is 2.34. The standard InChI is InChI=1S/C17H21N3O3S/c1-12-9-15(13(2)20(12)16-5-3-4-7-18-16)17(21)19-10-14-6-8-24(22,23)11-14/h3-5,7,9,14H,6,8,10-11H2,1-2H3,(H,19,21)/t14-/m0/s1. The van der Waals surface area contributed by atoms with Gasteiger partial charge in [-0.2, -0.15) is 0 Å². The zero-order chi connectivity index (χ0) is 17.3. The smallest absolute Gasteiger partial charge is 0.253 e. The van der Waals surface area contributed by atoms with E-state index in [1.165, 1.54) is 0 Å². The third-order valence-corrected chi connectivity index (χ3v) is 6.27. The molecule has 128 valence electrons. The van der Waals surface area contributed by atoms with Crippen LogP contribution in [0.5, 0.6) is 0 Å². The molecule has 0 saturated carbocycles. The molecule has 2 aromatic rings. The minimum absolute atomic E-state index is 0.0122. The van der Waals surface area contributed by atoms with Crippen LogP contribution in [0.15, 0.2) is 30.5 Å². The normalized spacial score (nSPS) is 19.3. The van der Waals surface area contributed by atoms with Crippen molar-refractivity contribution in [3.05, 3.63) is 47.4 Å². The van der Waals surface area contributed by atoms with Crippen molar-refractivity contribution in [2.24, 2.45) is 5.92 Å². The summed E-state index contributed by atoms with van der Waals surface area (Å²) >= 11 is 0. The first-order valence-corrected chi connectivity index (χ1v) is 9.78. The zero-order valence-corrected chi connectivity index (χ0v) is 14.6. The first-order chi connectivity index (χ1) is 11.4. The van der Waals surface area contributed by atoms with Crippen LogP contribution in [0.1, 0.15) is 28.2 Å². The highest BCUT2D eigenvalue weighted by Crippen LogP contribution is 2.20. The molecule has 0 unspecified atom stereocenters. The largest absolute Gasteiger partial charge is 0.352 e. The summed E-state index contributed by atoms with van der Waals surface area (Å²) in [5.74, 6) is 1.00. The molecule has 7 heteroatoms. The van der Waals surface area contributed by atoms with Crippen LogP contribution in [0.3, 0.4) is 0 Å². The molecular formula is C17H21N3O3S. The van der Waals surface area contributed by atoms with Gasteiger partial charge in [-0.25, -0.2) is 13.4 Å². The van der Waals surface area contributed by atoms with Gasteiger partial charge in [0.1, 0.15) is 5.82 Å². The number of pyridine rings is 1. The molecule has 3 rings (SSSR count). The highest BCUT2D eigenvalue weighted by atomic mass is 32.2. The fourth-order valence-corrected chi connectivity index (χ4v) is 5.06. The van der Waals surface area contributed by atoms with Crippen LogP contribution < -0.4 is 5.32 Å². The number of amides is 1. The predicted octanol–water partition coefficient (Wildman–Crippen LogP) is 1.65. The zero-order valence-electron chi connectivity index (χ0n) is 13.8. The van der Waals surface area contributed by atoms with Gasteiger partial charge in [-0.1, -0.05) is 6.07 Å². The second-order valence-corrected chi connectivity index (χ2v) is 8.52. The number of carbonyl (C=O) groups is 1. The van der Waals surface area contributed by atoms with Gasteiger partial charge in [-0.05, 0) is 44.4 Å². The first-order valence-electron chi connectivity index (χ1n) is 7.96. The molecular weight excluding hydrogens is 326 g/mol. The molecule has 3 heterocycles. The lowest BCUT2D eigenvalue weighted by Crippen LogP contribution is -2.30. The Balaban J connectivity index is 1.74. The molecule has 0 aliphatic carbocycles. The second-order valence-electron chi connectivity index (χ2n) is 6.29. The summed E-state index contributed by atoms with van der Waals surface area (Å²) in [5, 5.41) is 2.87.